The Morgan fingerprint density at radius 2 is 1.71 bits per heavy atom. The van der Waals surface area contributed by atoms with E-state index in [0.717, 1.165) is 43.4 Å². The molecular weight excluding hydrogens is 368 g/mol. The number of rotatable bonds is 6. The summed E-state index contributed by atoms with van der Waals surface area (Å²) in [4.78, 5) is 35.8. The number of carbonyl (C=O) groups is 3. The molecule has 1 N–H and O–H groups in total. The number of ketones is 1. The van der Waals surface area contributed by atoms with Gasteiger partial charge in [-0.15, -0.1) is 0 Å². The average Bonchev–Trinajstić information content (AvgIpc) is 2.69. The number of ether oxygens (including phenoxy) is 1. The number of carbonyl (C=O) groups excluding carboxylic acids is 3. The molecule has 0 atom stereocenters. The topological polar surface area (TPSA) is 72.5 Å². The van der Waals surface area contributed by atoms with Crippen LogP contribution in [0.1, 0.15) is 44.7 Å². The second-order valence-corrected chi connectivity index (χ2v) is 6.58. The van der Waals surface area contributed by atoms with E-state index in [2.05, 4.69) is 5.32 Å². The van der Waals surface area contributed by atoms with Crippen LogP contribution in [0.25, 0.3) is 0 Å². The van der Waals surface area contributed by atoms with Crippen LogP contribution in [0.15, 0.2) is 36.4 Å². The Hall–Kier alpha value is -3.09. The summed E-state index contributed by atoms with van der Waals surface area (Å²) in [5, 5.41) is 2.18. The number of Topliss-reactive ketones (excluding diaryl/α,β-unsaturated/α-hetero) is 1. The first-order chi connectivity index (χ1) is 13.4. The molecule has 2 aromatic carbocycles. The predicted molar refractivity (Wildman–Crippen MR) is 97.1 cm³/mol. The molecule has 0 spiro atoms. The van der Waals surface area contributed by atoms with E-state index in [4.69, 9.17) is 4.74 Å². The van der Waals surface area contributed by atoms with Crippen LogP contribution in [0, 0.1) is 11.6 Å². The van der Waals surface area contributed by atoms with Gasteiger partial charge in [-0.05, 0) is 55.0 Å². The number of hydrogen-bond acceptors (Lipinski definition) is 4. The standard InChI is InChI=1S/C21H19F2NO4/c22-16-7-8-17(18(23)10-16)21(27)24-11-20(26)28-12-19(25)15-6-5-13-3-1-2-4-14(13)9-15/h5-10H,1-4,11-12H2,(H,24,27). The third-order valence-electron chi connectivity index (χ3n) is 4.60. The highest BCUT2D eigenvalue weighted by Gasteiger charge is 2.16. The fraction of sp³-hybridized carbons (Fsp3) is 0.286. The fourth-order valence-corrected chi connectivity index (χ4v) is 3.11. The molecule has 0 bridgehead atoms. The minimum Gasteiger partial charge on any atom is -0.456 e. The van der Waals surface area contributed by atoms with E-state index < -0.39 is 36.7 Å². The van der Waals surface area contributed by atoms with Gasteiger partial charge in [-0.3, -0.25) is 14.4 Å². The van der Waals surface area contributed by atoms with Gasteiger partial charge < -0.3 is 10.1 Å². The van der Waals surface area contributed by atoms with Crippen LogP contribution in [0.2, 0.25) is 0 Å². The summed E-state index contributed by atoms with van der Waals surface area (Å²) in [7, 11) is 0. The van der Waals surface area contributed by atoms with Crippen LogP contribution in [0.3, 0.4) is 0 Å². The van der Waals surface area contributed by atoms with Crippen molar-refractivity contribution in [2.45, 2.75) is 25.7 Å². The maximum atomic E-state index is 13.5. The monoisotopic (exact) mass is 387 g/mol. The van der Waals surface area contributed by atoms with Crippen LogP contribution in [0.4, 0.5) is 8.78 Å². The van der Waals surface area contributed by atoms with E-state index in [1.165, 1.54) is 5.56 Å². The quantitative estimate of drug-likeness (QED) is 0.611. The molecule has 0 fully saturated rings. The summed E-state index contributed by atoms with van der Waals surface area (Å²) in [6.45, 7) is -0.981. The van der Waals surface area contributed by atoms with Gasteiger partial charge in [-0.25, -0.2) is 8.78 Å². The molecule has 28 heavy (non-hydrogen) atoms. The van der Waals surface area contributed by atoms with Crippen molar-refractivity contribution in [2.75, 3.05) is 13.2 Å². The smallest absolute Gasteiger partial charge is 0.325 e. The van der Waals surface area contributed by atoms with Gasteiger partial charge >= 0.3 is 5.97 Å². The maximum Gasteiger partial charge on any atom is 0.325 e. The molecule has 146 valence electrons. The molecule has 0 unspecified atom stereocenters. The van der Waals surface area contributed by atoms with Crippen molar-refractivity contribution >= 4 is 17.7 Å². The number of hydrogen-bond donors (Lipinski definition) is 1. The van der Waals surface area contributed by atoms with Gasteiger partial charge in [0.25, 0.3) is 5.91 Å². The molecule has 7 heteroatoms. The number of aryl methyl sites for hydroxylation is 2. The van der Waals surface area contributed by atoms with E-state index in [1.807, 2.05) is 12.1 Å². The molecule has 3 rings (SSSR count). The van der Waals surface area contributed by atoms with Crippen molar-refractivity contribution in [3.05, 3.63) is 70.3 Å². The predicted octanol–water partition coefficient (Wildman–Crippen LogP) is 3.00. The fourth-order valence-electron chi connectivity index (χ4n) is 3.11. The van der Waals surface area contributed by atoms with E-state index in [0.29, 0.717) is 11.6 Å². The highest BCUT2D eigenvalue weighted by Crippen LogP contribution is 2.22. The van der Waals surface area contributed by atoms with Crippen molar-refractivity contribution in [3.63, 3.8) is 0 Å². The van der Waals surface area contributed by atoms with Gasteiger partial charge in [-0.1, -0.05) is 12.1 Å². The summed E-state index contributed by atoms with van der Waals surface area (Å²) in [6.07, 6.45) is 4.18. The Kier molecular flexibility index (Phi) is 6.13. The minimum atomic E-state index is -1.03. The van der Waals surface area contributed by atoms with E-state index in [9.17, 15) is 23.2 Å². The van der Waals surface area contributed by atoms with Crippen LogP contribution in [-0.2, 0) is 22.4 Å². The number of fused-ring (bicyclic) bond motifs is 1. The summed E-state index contributed by atoms with van der Waals surface area (Å²) < 4.78 is 31.3. The van der Waals surface area contributed by atoms with Crippen molar-refractivity contribution in [1.29, 1.82) is 0 Å². The zero-order valence-corrected chi connectivity index (χ0v) is 15.1. The van der Waals surface area contributed by atoms with E-state index in [1.54, 1.807) is 6.07 Å². The van der Waals surface area contributed by atoms with E-state index >= 15 is 0 Å². The zero-order chi connectivity index (χ0) is 20.1. The minimum absolute atomic E-state index is 0.336. The number of benzene rings is 2. The zero-order valence-electron chi connectivity index (χ0n) is 15.1. The maximum absolute atomic E-state index is 13.5. The molecule has 0 heterocycles. The normalized spacial score (nSPS) is 12.8. The molecule has 5 nitrogen and oxygen atoms in total. The van der Waals surface area contributed by atoms with Crippen LogP contribution < -0.4 is 5.32 Å². The summed E-state index contributed by atoms with van der Waals surface area (Å²) in [5.74, 6) is -3.89. The van der Waals surface area contributed by atoms with Crippen molar-refractivity contribution in [1.82, 2.24) is 5.32 Å². The molecule has 2 aromatic rings. The lowest BCUT2D eigenvalue weighted by molar-refractivity contribution is -0.141. The summed E-state index contributed by atoms with van der Waals surface area (Å²) >= 11 is 0. The average molecular weight is 387 g/mol. The van der Waals surface area contributed by atoms with Gasteiger partial charge in [0.15, 0.2) is 12.4 Å². The summed E-state index contributed by atoms with van der Waals surface area (Å²) in [6, 6.07) is 7.98. The Morgan fingerprint density at radius 3 is 2.46 bits per heavy atom. The molecule has 0 aromatic heterocycles. The van der Waals surface area contributed by atoms with Crippen molar-refractivity contribution < 1.29 is 27.9 Å². The van der Waals surface area contributed by atoms with Crippen molar-refractivity contribution in [2.24, 2.45) is 0 Å². The first-order valence-corrected chi connectivity index (χ1v) is 8.98. The third-order valence-corrected chi connectivity index (χ3v) is 4.60. The molecule has 1 aliphatic rings. The second kappa shape index (κ2) is 8.73. The lowest BCUT2D eigenvalue weighted by Crippen LogP contribution is -2.32. The molecule has 1 amide bonds. The third kappa shape index (κ3) is 4.79. The molecule has 0 aliphatic heterocycles. The molecule has 1 aliphatic carbocycles. The van der Waals surface area contributed by atoms with Gasteiger partial charge in [0.2, 0.25) is 0 Å². The van der Waals surface area contributed by atoms with Gasteiger partial charge in [0, 0.05) is 11.6 Å². The van der Waals surface area contributed by atoms with Gasteiger partial charge in [0.1, 0.15) is 18.2 Å². The highest BCUT2D eigenvalue weighted by atomic mass is 19.1. The van der Waals surface area contributed by atoms with Crippen LogP contribution in [-0.4, -0.2) is 30.8 Å². The van der Waals surface area contributed by atoms with Crippen LogP contribution in [0.5, 0.6) is 0 Å². The number of nitrogens with one attached hydrogen (secondary N) is 1. The SMILES string of the molecule is O=C(CNC(=O)c1ccc(F)cc1F)OCC(=O)c1ccc2c(c1)CCCC2. The van der Waals surface area contributed by atoms with Crippen molar-refractivity contribution in [3.8, 4) is 0 Å². The van der Waals surface area contributed by atoms with Crippen LogP contribution >= 0.6 is 0 Å². The molecular formula is C21H19F2NO4. The first-order valence-electron chi connectivity index (χ1n) is 8.98. The largest absolute Gasteiger partial charge is 0.456 e. The number of amides is 1. The first kappa shape index (κ1) is 19.7. The molecule has 0 saturated carbocycles. The Morgan fingerprint density at radius 1 is 0.964 bits per heavy atom. The van der Waals surface area contributed by atoms with E-state index in [-0.39, 0.29) is 11.3 Å². The number of halogens is 2. The van der Waals surface area contributed by atoms with Gasteiger partial charge in [-0.2, -0.15) is 0 Å². The Labute approximate surface area is 160 Å². The lowest BCUT2D eigenvalue weighted by Gasteiger charge is -2.16. The van der Waals surface area contributed by atoms with Gasteiger partial charge in [0.05, 0.1) is 5.56 Å². The summed E-state index contributed by atoms with van der Waals surface area (Å²) in [5.41, 5.74) is 2.48. The number of esters is 1. The molecule has 0 saturated heterocycles. The highest BCUT2D eigenvalue weighted by molar-refractivity contribution is 5.99. The Balaban J connectivity index is 1.48. The lowest BCUT2D eigenvalue weighted by atomic mass is 9.90. The molecule has 0 radical (unpaired) electrons. The Bertz CT molecular complexity index is 927. The second-order valence-electron chi connectivity index (χ2n) is 6.58.